The third kappa shape index (κ3) is 6.96. The summed E-state index contributed by atoms with van der Waals surface area (Å²) in [6.45, 7) is 0. The smallest absolute Gasteiger partial charge is 0.163 e. The highest BCUT2D eigenvalue weighted by Gasteiger charge is 2.62. The fraction of sp³-hybridized carbons (Fsp3) is 0.765. The molecule has 0 aromatic carbocycles. The molecule has 0 aromatic heterocycles. The van der Waals surface area contributed by atoms with Crippen LogP contribution in [0.15, 0.2) is 0 Å². The zero-order valence-corrected chi connectivity index (χ0v) is 19.3. The van der Waals surface area contributed by atoms with Crippen LogP contribution in [0.1, 0.15) is 25.7 Å². The molecule has 0 aliphatic heterocycles. The maximum atomic E-state index is 12.4. The Labute approximate surface area is 191 Å². The van der Waals surface area contributed by atoms with E-state index in [0.29, 0.717) is 0 Å². The van der Waals surface area contributed by atoms with Gasteiger partial charge in [-0.3, -0.25) is 19.2 Å². The molecule has 29 heavy (non-hydrogen) atoms. The molecule has 0 rings (SSSR count). The van der Waals surface area contributed by atoms with E-state index in [-0.39, 0.29) is 48.7 Å². The molecule has 0 saturated carbocycles. The van der Waals surface area contributed by atoms with Gasteiger partial charge in [-0.1, -0.05) is 0 Å². The van der Waals surface area contributed by atoms with E-state index in [4.69, 9.17) is 0 Å². The van der Waals surface area contributed by atoms with E-state index in [2.05, 4.69) is 50.5 Å². The third-order valence-electron chi connectivity index (χ3n) is 4.55. The Morgan fingerprint density at radius 3 is 0.828 bits per heavy atom. The van der Waals surface area contributed by atoms with Gasteiger partial charge >= 0.3 is 0 Å². The van der Waals surface area contributed by atoms with Crippen molar-refractivity contribution in [3.05, 3.63) is 0 Å². The highest BCUT2D eigenvalue weighted by Crippen LogP contribution is 2.39. The maximum Gasteiger partial charge on any atom is 0.163 e. The molecular formula is C17H28O8S4. The summed E-state index contributed by atoms with van der Waals surface area (Å²) < 4.78 is 0. The van der Waals surface area contributed by atoms with Gasteiger partial charge in [-0.05, 0) is 23.0 Å². The lowest BCUT2D eigenvalue weighted by atomic mass is 9.62. The zero-order chi connectivity index (χ0) is 22.8. The predicted octanol–water partition coefficient (Wildman–Crippen LogP) is -1.03. The summed E-state index contributed by atoms with van der Waals surface area (Å²) in [6.07, 6.45) is -11.0. The second-order valence-corrected chi connectivity index (χ2v) is 8.16. The number of carbonyl (C=O) groups is 4. The number of Topliss-reactive ketones (excluding diaryl/α,β-unsaturated/α-hetero) is 4. The first kappa shape index (κ1) is 28.9. The van der Waals surface area contributed by atoms with Crippen LogP contribution in [0.2, 0.25) is 0 Å². The van der Waals surface area contributed by atoms with Crippen molar-refractivity contribution in [1.29, 1.82) is 0 Å². The summed E-state index contributed by atoms with van der Waals surface area (Å²) in [5, 5.41) is 43.0. The van der Waals surface area contributed by atoms with Crippen LogP contribution in [0.4, 0.5) is 0 Å². The molecule has 0 heterocycles. The van der Waals surface area contributed by atoms with Gasteiger partial charge in [0.1, 0.15) is 29.8 Å². The van der Waals surface area contributed by atoms with E-state index in [1.807, 2.05) is 0 Å². The van der Waals surface area contributed by atoms with Gasteiger partial charge in [-0.2, -0.15) is 50.5 Å². The molecule has 12 heteroatoms. The van der Waals surface area contributed by atoms with E-state index < -0.39 is 53.0 Å². The van der Waals surface area contributed by atoms with E-state index in [9.17, 15) is 39.6 Å². The van der Waals surface area contributed by atoms with Crippen LogP contribution in [0, 0.1) is 5.41 Å². The van der Waals surface area contributed by atoms with Crippen LogP contribution < -0.4 is 0 Å². The minimum absolute atomic E-state index is 0.0337. The van der Waals surface area contributed by atoms with E-state index in [1.165, 1.54) is 0 Å². The standard InChI is InChI=1S/C17H28O8S4/c18-9(1-5-26)13(22)17(14(23)10(19)2-6-27,15(24)11(20)3-7-28)16(25)12(21)4-8-29/h13-16,22-29H,1-8H2. The number of carbonyl (C=O) groups excluding carboxylic acids is 4. The first-order valence-corrected chi connectivity index (χ1v) is 11.4. The van der Waals surface area contributed by atoms with Crippen LogP contribution in [-0.4, -0.2) is 91.0 Å². The number of rotatable bonds is 16. The lowest BCUT2D eigenvalue weighted by Gasteiger charge is -2.45. The Morgan fingerprint density at radius 2 is 0.690 bits per heavy atom. The highest BCUT2D eigenvalue weighted by atomic mass is 32.1. The Morgan fingerprint density at radius 1 is 0.517 bits per heavy atom. The average molecular weight is 489 g/mol. The largest absolute Gasteiger partial charge is 0.384 e. The van der Waals surface area contributed by atoms with Crippen molar-refractivity contribution in [3.8, 4) is 0 Å². The summed E-state index contributed by atoms with van der Waals surface area (Å²) in [7, 11) is 0. The fourth-order valence-corrected chi connectivity index (χ4v) is 3.88. The molecule has 4 N–H and O–H groups in total. The summed E-state index contributed by atoms with van der Waals surface area (Å²) in [5.41, 5.74) is -2.89. The van der Waals surface area contributed by atoms with Gasteiger partial charge in [0.15, 0.2) is 23.1 Å². The Kier molecular flexibility index (Phi) is 14.0. The predicted molar refractivity (Wildman–Crippen MR) is 120 cm³/mol. The molecule has 0 spiro atoms. The molecular weight excluding hydrogens is 460 g/mol. The first-order valence-electron chi connectivity index (χ1n) is 8.84. The van der Waals surface area contributed by atoms with Crippen LogP contribution in [-0.2, 0) is 19.2 Å². The molecule has 4 atom stereocenters. The third-order valence-corrected chi connectivity index (χ3v) is 5.44. The van der Waals surface area contributed by atoms with Crippen LogP contribution in [0.25, 0.3) is 0 Å². The van der Waals surface area contributed by atoms with Gasteiger partial charge in [0.2, 0.25) is 0 Å². The summed E-state index contributed by atoms with van der Waals surface area (Å²) >= 11 is 15.5. The molecule has 0 bridgehead atoms. The minimum atomic E-state index is -2.89. The Balaban J connectivity index is 6.74. The SMILES string of the molecule is O=C(CCS)C(O)C(C(O)C(=O)CCS)(C(O)C(=O)CCS)C(O)C(=O)CCS. The second kappa shape index (κ2) is 14.1. The van der Waals surface area contributed by atoms with Crippen molar-refractivity contribution in [3.63, 3.8) is 0 Å². The van der Waals surface area contributed by atoms with Gasteiger partial charge in [0.25, 0.3) is 0 Å². The summed E-state index contributed by atoms with van der Waals surface area (Å²) in [5.74, 6) is -4.16. The molecule has 0 fully saturated rings. The van der Waals surface area contributed by atoms with Crippen molar-refractivity contribution in [1.82, 2.24) is 0 Å². The van der Waals surface area contributed by atoms with E-state index in [0.717, 1.165) is 0 Å². The second-order valence-electron chi connectivity index (χ2n) is 6.37. The van der Waals surface area contributed by atoms with Gasteiger partial charge in [0, 0.05) is 25.7 Å². The zero-order valence-electron chi connectivity index (χ0n) is 15.7. The topological polar surface area (TPSA) is 149 Å². The van der Waals surface area contributed by atoms with Crippen LogP contribution >= 0.6 is 50.5 Å². The quantitative estimate of drug-likeness (QED) is 0.129. The molecule has 0 aliphatic carbocycles. The average Bonchev–Trinajstić information content (AvgIpc) is 2.68. The minimum Gasteiger partial charge on any atom is -0.384 e. The van der Waals surface area contributed by atoms with Crippen molar-refractivity contribution < 1.29 is 39.6 Å². The molecule has 0 saturated heterocycles. The van der Waals surface area contributed by atoms with Crippen molar-refractivity contribution in [2.75, 3.05) is 23.0 Å². The van der Waals surface area contributed by atoms with E-state index in [1.54, 1.807) is 0 Å². The monoisotopic (exact) mass is 488 g/mol. The maximum absolute atomic E-state index is 12.4. The summed E-state index contributed by atoms with van der Waals surface area (Å²) in [4.78, 5) is 49.7. The first-order chi connectivity index (χ1) is 13.6. The van der Waals surface area contributed by atoms with Crippen molar-refractivity contribution in [2.24, 2.45) is 5.41 Å². The van der Waals surface area contributed by atoms with Gasteiger partial charge in [-0.15, -0.1) is 0 Å². The Bertz CT molecular complexity index is 484. The van der Waals surface area contributed by atoms with Gasteiger partial charge in [-0.25, -0.2) is 0 Å². The molecule has 0 amide bonds. The highest BCUT2D eigenvalue weighted by molar-refractivity contribution is 7.80. The number of hydrogen-bond donors (Lipinski definition) is 8. The molecule has 4 unspecified atom stereocenters. The lowest BCUT2D eigenvalue weighted by Crippen LogP contribution is -2.68. The van der Waals surface area contributed by atoms with Gasteiger partial charge < -0.3 is 20.4 Å². The molecule has 8 nitrogen and oxygen atoms in total. The summed E-state index contributed by atoms with van der Waals surface area (Å²) in [6, 6.07) is 0. The molecule has 0 aromatic rings. The number of aliphatic hydroxyl groups is 4. The molecule has 0 aliphatic rings. The van der Waals surface area contributed by atoms with Gasteiger partial charge in [0.05, 0.1) is 0 Å². The Hall–Kier alpha value is -0.0800. The lowest BCUT2D eigenvalue weighted by molar-refractivity contribution is -0.200. The normalized spacial score (nSPS) is 17.7. The molecule has 0 radical (unpaired) electrons. The van der Waals surface area contributed by atoms with Crippen LogP contribution in [0.5, 0.6) is 0 Å². The van der Waals surface area contributed by atoms with Crippen molar-refractivity contribution in [2.45, 2.75) is 50.1 Å². The number of aliphatic hydroxyl groups excluding tert-OH is 4. The number of hydrogen-bond acceptors (Lipinski definition) is 12. The molecule has 168 valence electrons. The van der Waals surface area contributed by atoms with Crippen LogP contribution in [0.3, 0.4) is 0 Å². The fourth-order valence-electron chi connectivity index (χ4n) is 3.00. The van der Waals surface area contributed by atoms with Crippen molar-refractivity contribution >= 4 is 73.6 Å². The van der Waals surface area contributed by atoms with E-state index >= 15 is 0 Å². The number of ketones is 4. The number of thiol groups is 4.